The van der Waals surface area contributed by atoms with Gasteiger partial charge in [-0.15, -0.1) is 0 Å². The van der Waals surface area contributed by atoms with Crippen molar-refractivity contribution in [2.24, 2.45) is 0 Å². The standard InChI is InChI=1S/C19H19ClN2O/c1-11-12(2)21-18-9-6-15(10-17(11)18)19(23)22-13(3)14-4-7-16(20)8-5-14/h4-10,13,21H,1-3H3,(H,22,23). The largest absolute Gasteiger partial charge is 0.358 e. The zero-order chi connectivity index (χ0) is 16.6. The molecule has 23 heavy (non-hydrogen) atoms. The van der Waals surface area contributed by atoms with Gasteiger partial charge in [0.1, 0.15) is 0 Å². The fourth-order valence-electron chi connectivity index (χ4n) is 2.72. The third-order valence-electron chi connectivity index (χ3n) is 4.29. The van der Waals surface area contributed by atoms with Crippen LogP contribution in [0.25, 0.3) is 10.9 Å². The van der Waals surface area contributed by atoms with Crippen molar-refractivity contribution >= 4 is 28.4 Å². The van der Waals surface area contributed by atoms with Gasteiger partial charge in [0.25, 0.3) is 5.91 Å². The molecule has 0 spiro atoms. The van der Waals surface area contributed by atoms with E-state index in [-0.39, 0.29) is 11.9 Å². The Hall–Kier alpha value is -2.26. The predicted molar refractivity (Wildman–Crippen MR) is 95.1 cm³/mol. The molecule has 0 saturated heterocycles. The molecule has 1 aromatic heterocycles. The van der Waals surface area contributed by atoms with Gasteiger partial charge in [0.15, 0.2) is 0 Å². The summed E-state index contributed by atoms with van der Waals surface area (Å²) < 4.78 is 0. The summed E-state index contributed by atoms with van der Waals surface area (Å²) in [5, 5.41) is 4.81. The molecule has 3 rings (SSSR count). The van der Waals surface area contributed by atoms with Gasteiger partial charge < -0.3 is 10.3 Å². The molecule has 0 radical (unpaired) electrons. The second kappa shape index (κ2) is 6.09. The first-order valence-electron chi connectivity index (χ1n) is 7.61. The Bertz CT molecular complexity index is 865. The number of nitrogens with one attached hydrogen (secondary N) is 2. The maximum absolute atomic E-state index is 12.5. The van der Waals surface area contributed by atoms with Crippen molar-refractivity contribution in [3.8, 4) is 0 Å². The Morgan fingerprint density at radius 3 is 2.52 bits per heavy atom. The average Bonchev–Trinajstić information content (AvgIpc) is 2.82. The van der Waals surface area contributed by atoms with Crippen LogP contribution in [0.5, 0.6) is 0 Å². The first kappa shape index (κ1) is 15.6. The lowest BCUT2D eigenvalue weighted by Gasteiger charge is -2.14. The number of hydrogen-bond acceptors (Lipinski definition) is 1. The van der Waals surface area contributed by atoms with E-state index >= 15 is 0 Å². The highest BCUT2D eigenvalue weighted by Crippen LogP contribution is 2.23. The van der Waals surface area contributed by atoms with E-state index in [0.717, 1.165) is 22.2 Å². The van der Waals surface area contributed by atoms with Gasteiger partial charge in [-0.25, -0.2) is 0 Å². The normalized spacial score (nSPS) is 12.3. The Morgan fingerprint density at radius 2 is 1.83 bits per heavy atom. The maximum atomic E-state index is 12.5. The lowest BCUT2D eigenvalue weighted by Crippen LogP contribution is -2.26. The van der Waals surface area contributed by atoms with E-state index in [4.69, 9.17) is 11.6 Å². The number of amides is 1. The van der Waals surface area contributed by atoms with Gasteiger partial charge in [0, 0.05) is 27.2 Å². The molecule has 0 saturated carbocycles. The van der Waals surface area contributed by atoms with Gasteiger partial charge in [0.2, 0.25) is 0 Å². The Labute approximate surface area is 140 Å². The van der Waals surface area contributed by atoms with Crippen LogP contribution in [-0.4, -0.2) is 10.9 Å². The summed E-state index contributed by atoms with van der Waals surface area (Å²) in [6.07, 6.45) is 0. The summed E-state index contributed by atoms with van der Waals surface area (Å²) in [5.74, 6) is -0.0763. The SMILES string of the molecule is Cc1[nH]c2ccc(C(=O)NC(C)c3ccc(Cl)cc3)cc2c1C. The van der Waals surface area contributed by atoms with Crippen LogP contribution in [0, 0.1) is 13.8 Å². The van der Waals surface area contributed by atoms with E-state index < -0.39 is 0 Å². The van der Waals surface area contributed by atoms with E-state index in [1.165, 1.54) is 5.56 Å². The van der Waals surface area contributed by atoms with Gasteiger partial charge in [-0.3, -0.25) is 4.79 Å². The Morgan fingerprint density at radius 1 is 1.13 bits per heavy atom. The zero-order valence-electron chi connectivity index (χ0n) is 13.4. The smallest absolute Gasteiger partial charge is 0.251 e. The van der Waals surface area contributed by atoms with E-state index in [1.54, 1.807) is 0 Å². The number of aromatic amines is 1. The molecule has 0 aliphatic carbocycles. The molecule has 0 aliphatic rings. The molecule has 0 aliphatic heterocycles. The fourth-order valence-corrected chi connectivity index (χ4v) is 2.84. The number of rotatable bonds is 3. The highest BCUT2D eigenvalue weighted by Gasteiger charge is 2.13. The number of H-pyrrole nitrogens is 1. The lowest BCUT2D eigenvalue weighted by atomic mass is 10.1. The van der Waals surface area contributed by atoms with Crippen LogP contribution in [0.4, 0.5) is 0 Å². The summed E-state index contributed by atoms with van der Waals surface area (Å²) in [7, 11) is 0. The lowest BCUT2D eigenvalue weighted by molar-refractivity contribution is 0.0940. The van der Waals surface area contributed by atoms with Crippen molar-refractivity contribution in [3.63, 3.8) is 0 Å². The highest BCUT2D eigenvalue weighted by atomic mass is 35.5. The first-order chi connectivity index (χ1) is 11.0. The molecular weight excluding hydrogens is 308 g/mol. The monoisotopic (exact) mass is 326 g/mol. The van der Waals surface area contributed by atoms with Gasteiger partial charge in [-0.1, -0.05) is 23.7 Å². The average molecular weight is 327 g/mol. The van der Waals surface area contributed by atoms with Crippen LogP contribution in [0.2, 0.25) is 5.02 Å². The number of halogens is 1. The summed E-state index contributed by atoms with van der Waals surface area (Å²) in [5.41, 5.74) is 5.06. The van der Waals surface area contributed by atoms with Crippen molar-refractivity contribution in [2.45, 2.75) is 26.8 Å². The number of hydrogen-bond donors (Lipinski definition) is 2. The number of carbonyl (C=O) groups excluding carboxylic acids is 1. The van der Waals surface area contributed by atoms with Crippen LogP contribution >= 0.6 is 11.6 Å². The number of carbonyl (C=O) groups is 1. The molecule has 1 atom stereocenters. The molecule has 118 valence electrons. The van der Waals surface area contributed by atoms with E-state index in [2.05, 4.69) is 17.2 Å². The Balaban J connectivity index is 1.82. The van der Waals surface area contributed by atoms with Gasteiger partial charge in [-0.05, 0) is 62.2 Å². The van der Waals surface area contributed by atoms with Gasteiger partial charge in [0.05, 0.1) is 6.04 Å². The molecular formula is C19H19ClN2O. The van der Waals surface area contributed by atoms with Crippen molar-refractivity contribution < 1.29 is 4.79 Å². The minimum absolute atomic E-state index is 0.0763. The number of benzene rings is 2. The third kappa shape index (κ3) is 3.10. The van der Waals surface area contributed by atoms with Crippen molar-refractivity contribution in [1.82, 2.24) is 10.3 Å². The topological polar surface area (TPSA) is 44.9 Å². The quantitative estimate of drug-likeness (QED) is 0.704. The predicted octanol–water partition coefficient (Wildman–Crippen LogP) is 4.93. The van der Waals surface area contributed by atoms with Crippen molar-refractivity contribution in [1.29, 1.82) is 0 Å². The molecule has 2 aromatic carbocycles. The van der Waals surface area contributed by atoms with Crippen LogP contribution in [0.15, 0.2) is 42.5 Å². The van der Waals surface area contributed by atoms with Crippen LogP contribution in [-0.2, 0) is 0 Å². The summed E-state index contributed by atoms with van der Waals surface area (Å²) in [6.45, 7) is 6.06. The minimum atomic E-state index is -0.0791. The van der Waals surface area contributed by atoms with Crippen LogP contribution < -0.4 is 5.32 Å². The molecule has 0 fully saturated rings. The van der Waals surface area contributed by atoms with E-state index in [0.29, 0.717) is 10.6 Å². The molecule has 4 heteroatoms. The van der Waals surface area contributed by atoms with Crippen molar-refractivity contribution in [2.75, 3.05) is 0 Å². The minimum Gasteiger partial charge on any atom is -0.358 e. The summed E-state index contributed by atoms with van der Waals surface area (Å²) >= 11 is 5.90. The Kier molecular flexibility index (Phi) is 4.14. The molecule has 3 nitrogen and oxygen atoms in total. The molecule has 1 amide bonds. The maximum Gasteiger partial charge on any atom is 0.251 e. The van der Waals surface area contributed by atoms with E-state index in [1.807, 2.05) is 56.3 Å². The zero-order valence-corrected chi connectivity index (χ0v) is 14.2. The number of fused-ring (bicyclic) bond motifs is 1. The van der Waals surface area contributed by atoms with Crippen LogP contribution in [0.3, 0.4) is 0 Å². The molecule has 3 aromatic rings. The summed E-state index contributed by atoms with van der Waals surface area (Å²) in [6, 6.07) is 13.2. The molecule has 2 N–H and O–H groups in total. The number of aryl methyl sites for hydroxylation is 2. The molecule has 1 unspecified atom stereocenters. The van der Waals surface area contributed by atoms with Gasteiger partial charge in [-0.2, -0.15) is 0 Å². The first-order valence-corrected chi connectivity index (χ1v) is 7.99. The molecule has 0 bridgehead atoms. The summed E-state index contributed by atoms with van der Waals surface area (Å²) in [4.78, 5) is 15.8. The van der Waals surface area contributed by atoms with Crippen molar-refractivity contribution in [3.05, 3.63) is 69.9 Å². The second-order valence-electron chi connectivity index (χ2n) is 5.88. The molecule has 1 heterocycles. The fraction of sp³-hybridized carbons (Fsp3) is 0.211. The second-order valence-corrected chi connectivity index (χ2v) is 6.32. The van der Waals surface area contributed by atoms with Crippen LogP contribution in [0.1, 0.15) is 40.1 Å². The third-order valence-corrected chi connectivity index (χ3v) is 4.54. The number of aromatic nitrogens is 1. The van der Waals surface area contributed by atoms with Gasteiger partial charge >= 0.3 is 0 Å². The van der Waals surface area contributed by atoms with E-state index in [9.17, 15) is 4.79 Å². The highest BCUT2D eigenvalue weighted by molar-refractivity contribution is 6.30.